The fraction of sp³-hybridized carbons (Fsp3) is 0.333. The Bertz CT molecular complexity index is 783. The van der Waals surface area contributed by atoms with Crippen LogP contribution in [0.3, 0.4) is 0 Å². The predicted molar refractivity (Wildman–Crippen MR) is 99.8 cm³/mol. The minimum absolute atomic E-state index is 0.192. The molecule has 2 amide bonds. The van der Waals surface area contributed by atoms with Crippen LogP contribution >= 0.6 is 0 Å². The molecule has 0 spiro atoms. The van der Waals surface area contributed by atoms with Gasteiger partial charge in [0.1, 0.15) is 0 Å². The zero-order valence-electron chi connectivity index (χ0n) is 14.9. The molecule has 5 heteroatoms. The van der Waals surface area contributed by atoms with Crippen LogP contribution in [0.5, 0.6) is 0 Å². The summed E-state index contributed by atoms with van der Waals surface area (Å²) in [6.07, 6.45) is 3.58. The maximum absolute atomic E-state index is 13.0. The van der Waals surface area contributed by atoms with Crippen LogP contribution in [0.1, 0.15) is 69.7 Å². The molecule has 1 aliphatic carbocycles. The van der Waals surface area contributed by atoms with Crippen molar-refractivity contribution in [3.8, 4) is 0 Å². The average molecular weight is 352 g/mol. The lowest BCUT2D eigenvalue weighted by Gasteiger charge is -2.21. The summed E-state index contributed by atoms with van der Waals surface area (Å²) >= 11 is 0. The Balaban J connectivity index is 1.93. The first-order chi connectivity index (χ1) is 12.6. The second-order valence-electron chi connectivity index (χ2n) is 6.61. The zero-order chi connectivity index (χ0) is 18.5. The Hall–Kier alpha value is -2.66. The average Bonchev–Trinajstić information content (AvgIpc) is 3.20. The van der Waals surface area contributed by atoms with Crippen molar-refractivity contribution < 1.29 is 14.3 Å². The highest BCUT2D eigenvalue weighted by molar-refractivity contribution is 6.02. The van der Waals surface area contributed by atoms with Crippen LogP contribution in [0.15, 0.2) is 48.5 Å². The van der Waals surface area contributed by atoms with E-state index < -0.39 is 12.1 Å². The van der Waals surface area contributed by atoms with Gasteiger partial charge in [-0.3, -0.25) is 9.59 Å². The summed E-state index contributed by atoms with van der Waals surface area (Å²) in [4.78, 5) is 24.9. The van der Waals surface area contributed by atoms with Gasteiger partial charge in [0.2, 0.25) is 5.91 Å². The molecule has 0 aliphatic heterocycles. The summed E-state index contributed by atoms with van der Waals surface area (Å²) in [6.45, 7) is 0. The van der Waals surface area contributed by atoms with Crippen LogP contribution in [0, 0.1) is 0 Å². The van der Waals surface area contributed by atoms with Crippen molar-refractivity contribution in [1.82, 2.24) is 5.32 Å². The fourth-order valence-electron chi connectivity index (χ4n) is 3.74. The maximum atomic E-state index is 13.0. The molecular formula is C21H24N2O3. The molecule has 136 valence electrons. The highest BCUT2D eigenvalue weighted by Gasteiger charge is 2.27. The van der Waals surface area contributed by atoms with Crippen molar-refractivity contribution in [1.29, 1.82) is 0 Å². The van der Waals surface area contributed by atoms with Gasteiger partial charge < -0.3 is 15.8 Å². The lowest BCUT2D eigenvalue weighted by atomic mass is 9.88. The number of rotatable bonds is 6. The van der Waals surface area contributed by atoms with Crippen LogP contribution < -0.4 is 11.1 Å². The lowest BCUT2D eigenvalue weighted by molar-refractivity contribution is 0.0574. The van der Waals surface area contributed by atoms with Gasteiger partial charge in [-0.15, -0.1) is 0 Å². The van der Waals surface area contributed by atoms with Gasteiger partial charge in [-0.2, -0.15) is 0 Å². The molecule has 0 radical (unpaired) electrons. The van der Waals surface area contributed by atoms with Crippen molar-refractivity contribution in [2.24, 2.45) is 5.73 Å². The monoisotopic (exact) mass is 352 g/mol. The van der Waals surface area contributed by atoms with Crippen LogP contribution in [0.2, 0.25) is 0 Å². The molecule has 1 unspecified atom stereocenters. The SMILES string of the molecule is COC(NC(=O)c1cccc(C(N)=O)c1C1CCCC1)c1ccccc1. The molecule has 2 aromatic carbocycles. The molecule has 0 heterocycles. The van der Waals surface area contributed by atoms with E-state index in [0.29, 0.717) is 11.1 Å². The van der Waals surface area contributed by atoms with Crippen LogP contribution in [-0.2, 0) is 4.74 Å². The van der Waals surface area contributed by atoms with Gasteiger partial charge in [0.15, 0.2) is 6.23 Å². The minimum Gasteiger partial charge on any atom is -0.366 e. The fourth-order valence-corrected chi connectivity index (χ4v) is 3.74. The number of nitrogens with one attached hydrogen (secondary N) is 1. The normalized spacial score (nSPS) is 15.6. The second-order valence-corrected chi connectivity index (χ2v) is 6.61. The van der Waals surface area contributed by atoms with E-state index in [9.17, 15) is 9.59 Å². The summed E-state index contributed by atoms with van der Waals surface area (Å²) in [6, 6.07) is 14.7. The number of carbonyl (C=O) groups is 2. The standard InChI is InChI=1S/C21H24N2O3/c1-26-21(15-10-3-2-4-11-15)23-20(25)17-13-7-12-16(19(22)24)18(17)14-8-5-6-9-14/h2-4,7,10-14,21H,5-6,8-9H2,1H3,(H2,22,24)(H,23,25). The first-order valence-electron chi connectivity index (χ1n) is 8.93. The van der Waals surface area contributed by atoms with Crippen LogP contribution in [0.25, 0.3) is 0 Å². The second kappa shape index (κ2) is 8.15. The number of methoxy groups -OCH3 is 1. The summed E-state index contributed by atoms with van der Waals surface area (Å²) in [7, 11) is 1.55. The highest BCUT2D eigenvalue weighted by Crippen LogP contribution is 2.37. The number of benzene rings is 2. The Morgan fingerprint density at radius 1 is 1.04 bits per heavy atom. The van der Waals surface area contributed by atoms with E-state index in [1.165, 1.54) is 0 Å². The van der Waals surface area contributed by atoms with Crippen molar-refractivity contribution >= 4 is 11.8 Å². The number of primary amides is 1. The van der Waals surface area contributed by atoms with Gasteiger partial charge in [0.25, 0.3) is 5.91 Å². The topological polar surface area (TPSA) is 81.4 Å². The molecule has 2 aromatic rings. The predicted octanol–water partition coefficient (Wildman–Crippen LogP) is 3.52. The quantitative estimate of drug-likeness (QED) is 0.781. The van der Waals surface area contributed by atoms with E-state index in [0.717, 1.165) is 36.8 Å². The Morgan fingerprint density at radius 3 is 2.31 bits per heavy atom. The number of nitrogens with two attached hydrogens (primary N) is 1. The first-order valence-corrected chi connectivity index (χ1v) is 8.93. The number of amides is 2. The van der Waals surface area contributed by atoms with Gasteiger partial charge in [0, 0.05) is 23.8 Å². The molecule has 1 fully saturated rings. The van der Waals surface area contributed by atoms with E-state index in [1.54, 1.807) is 25.3 Å². The molecule has 3 N–H and O–H groups in total. The number of ether oxygens (including phenoxy) is 1. The molecule has 1 saturated carbocycles. The molecule has 0 aromatic heterocycles. The van der Waals surface area contributed by atoms with Gasteiger partial charge in [-0.1, -0.05) is 49.2 Å². The van der Waals surface area contributed by atoms with E-state index in [-0.39, 0.29) is 11.8 Å². The van der Waals surface area contributed by atoms with Crippen molar-refractivity contribution in [2.75, 3.05) is 7.11 Å². The molecule has 26 heavy (non-hydrogen) atoms. The Morgan fingerprint density at radius 2 is 1.69 bits per heavy atom. The van der Waals surface area contributed by atoms with Gasteiger partial charge >= 0.3 is 0 Å². The third-order valence-corrected chi connectivity index (χ3v) is 4.98. The summed E-state index contributed by atoms with van der Waals surface area (Å²) in [5, 5.41) is 2.92. The largest absolute Gasteiger partial charge is 0.366 e. The summed E-state index contributed by atoms with van der Waals surface area (Å²) in [5.74, 6) is -0.559. The Labute approximate surface area is 153 Å². The zero-order valence-corrected chi connectivity index (χ0v) is 14.9. The number of carbonyl (C=O) groups excluding carboxylic acids is 2. The molecule has 1 aliphatic rings. The summed E-state index contributed by atoms with van der Waals surface area (Å²) < 4.78 is 5.45. The van der Waals surface area contributed by atoms with Crippen molar-refractivity contribution in [2.45, 2.75) is 37.8 Å². The highest BCUT2D eigenvalue weighted by atomic mass is 16.5. The first kappa shape index (κ1) is 18.1. The van der Waals surface area contributed by atoms with Gasteiger partial charge in [-0.25, -0.2) is 0 Å². The molecule has 0 bridgehead atoms. The third-order valence-electron chi connectivity index (χ3n) is 4.98. The van der Waals surface area contributed by atoms with Crippen molar-refractivity contribution in [3.63, 3.8) is 0 Å². The smallest absolute Gasteiger partial charge is 0.253 e. The van der Waals surface area contributed by atoms with Crippen LogP contribution in [-0.4, -0.2) is 18.9 Å². The Kier molecular flexibility index (Phi) is 5.68. The van der Waals surface area contributed by atoms with Gasteiger partial charge in [-0.05, 0) is 36.5 Å². The van der Waals surface area contributed by atoms with E-state index in [2.05, 4.69) is 5.32 Å². The van der Waals surface area contributed by atoms with Crippen LogP contribution in [0.4, 0.5) is 0 Å². The van der Waals surface area contributed by atoms with Gasteiger partial charge in [0.05, 0.1) is 0 Å². The molecule has 5 nitrogen and oxygen atoms in total. The number of hydrogen-bond donors (Lipinski definition) is 2. The molecule has 1 atom stereocenters. The minimum atomic E-state index is -0.558. The van der Waals surface area contributed by atoms with E-state index >= 15 is 0 Å². The molecular weight excluding hydrogens is 328 g/mol. The molecule has 3 rings (SSSR count). The summed E-state index contributed by atoms with van der Waals surface area (Å²) in [5.41, 5.74) is 8.16. The lowest BCUT2D eigenvalue weighted by Crippen LogP contribution is -2.31. The van der Waals surface area contributed by atoms with Crippen molar-refractivity contribution in [3.05, 3.63) is 70.8 Å². The van der Waals surface area contributed by atoms with E-state index in [1.807, 2.05) is 30.3 Å². The third kappa shape index (κ3) is 3.78. The maximum Gasteiger partial charge on any atom is 0.253 e. The molecule has 0 saturated heterocycles. The number of hydrogen-bond acceptors (Lipinski definition) is 3. The van der Waals surface area contributed by atoms with E-state index in [4.69, 9.17) is 10.5 Å².